The Morgan fingerprint density at radius 2 is 1.90 bits per heavy atom. The Morgan fingerprint density at radius 3 is 2.43 bits per heavy atom. The Morgan fingerprint density at radius 1 is 1.29 bits per heavy atom. The van der Waals surface area contributed by atoms with E-state index >= 15 is 0 Å². The summed E-state index contributed by atoms with van der Waals surface area (Å²) in [5.41, 5.74) is 1.20. The van der Waals surface area contributed by atoms with Gasteiger partial charge in [-0.2, -0.15) is 0 Å². The molecule has 1 aromatic heterocycles. The number of hydrogen-bond acceptors (Lipinski definition) is 5. The molecule has 2 aromatic rings. The van der Waals surface area contributed by atoms with Gasteiger partial charge in [-0.1, -0.05) is 29.8 Å². The van der Waals surface area contributed by atoms with Crippen LogP contribution in [0.5, 0.6) is 5.75 Å². The lowest BCUT2D eigenvalue weighted by molar-refractivity contribution is 0.0591. The molecule has 1 atom stereocenters. The predicted molar refractivity (Wildman–Crippen MR) is 81.3 cm³/mol. The molecule has 0 spiro atoms. The Kier molecular flexibility index (Phi) is 4.38. The molecule has 0 saturated carbocycles. The summed E-state index contributed by atoms with van der Waals surface area (Å²) in [7, 11) is 4.73. The van der Waals surface area contributed by atoms with E-state index in [1.165, 1.54) is 11.7 Å². The molecule has 0 amide bonds. The zero-order valence-corrected chi connectivity index (χ0v) is 13.1. The van der Waals surface area contributed by atoms with Crippen LogP contribution < -0.4 is 10.1 Å². The van der Waals surface area contributed by atoms with Gasteiger partial charge in [0.1, 0.15) is 5.82 Å². The summed E-state index contributed by atoms with van der Waals surface area (Å²) < 4.78 is 10.9. The minimum atomic E-state index is -0.724. The first-order chi connectivity index (χ1) is 9.99. The van der Waals surface area contributed by atoms with Crippen LogP contribution in [0.25, 0.3) is 11.4 Å². The van der Waals surface area contributed by atoms with Crippen LogP contribution in [0, 0.1) is 6.92 Å². The second-order valence-corrected chi connectivity index (χ2v) is 4.69. The van der Waals surface area contributed by atoms with Crippen LogP contribution in [0.1, 0.15) is 16.1 Å². The van der Waals surface area contributed by atoms with Crippen molar-refractivity contribution >= 4 is 15.4 Å². The van der Waals surface area contributed by atoms with Crippen LogP contribution in [0.15, 0.2) is 29.1 Å². The minimum absolute atomic E-state index is 0.147. The molecule has 0 saturated heterocycles. The summed E-state index contributed by atoms with van der Waals surface area (Å²) in [6.45, 7) is 1.96. The summed E-state index contributed by atoms with van der Waals surface area (Å²) in [5, 5.41) is 0. The summed E-state index contributed by atoms with van der Waals surface area (Å²) in [6, 6.07) is 7.47. The van der Waals surface area contributed by atoms with Gasteiger partial charge in [-0.05, 0) is 6.92 Å². The number of ether oxygens (including phenoxy) is 1. The quantitative estimate of drug-likeness (QED) is 0.638. The van der Waals surface area contributed by atoms with Crippen molar-refractivity contribution in [1.29, 1.82) is 0 Å². The number of aryl methyl sites for hydroxylation is 1. The first-order valence-corrected chi connectivity index (χ1v) is 6.59. The third-order valence-electron chi connectivity index (χ3n) is 3.06. The van der Waals surface area contributed by atoms with E-state index in [0.717, 1.165) is 11.1 Å². The fourth-order valence-corrected chi connectivity index (χ4v) is 2.10. The summed E-state index contributed by atoms with van der Waals surface area (Å²) in [6.07, 6.45) is 0. The van der Waals surface area contributed by atoms with Crippen molar-refractivity contribution in [3.05, 3.63) is 45.9 Å². The third kappa shape index (κ3) is 2.81. The number of hydrogen-bond donors (Lipinski definition) is 0. The number of carbonyl (C=O) groups is 1. The Bertz CT molecular complexity index is 738. The molecular formula is C14H15N2O4P. The summed E-state index contributed by atoms with van der Waals surface area (Å²) in [4.78, 5) is 28.3. The van der Waals surface area contributed by atoms with E-state index in [0.29, 0.717) is 5.82 Å². The van der Waals surface area contributed by atoms with Crippen molar-refractivity contribution in [2.75, 3.05) is 7.11 Å². The number of nitrogens with zero attached hydrogens (tertiary/aromatic N) is 2. The molecule has 0 aliphatic rings. The molecule has 7 heteroatoms. The first kappa shape index (κ1) is 15.2. The predicted octanol–water partition coefficient (Wildman–Crippen LogP) is 1.71. The number of aromatic nitrogens is 2. The van der Waals surface area contributed by atoms with Crippen LogP contribution in [-0.4, -0.2) is 22.6 Å². The maximum Gasteiger partial charge on any atom is 0.360 e. The largest absolute Gasteiger partial charge is 0.472 e. The monoisotopic (exact) mass is 306 g/mol. The molecule has 1 unspecified atom stereocenters. The fraction of sp³-hybridized carbons (Fsp3) is 0.214. The van der Waals surface area contributed by atoms with E-state index in [1.807, 2.05) is 40.7 Å². The SMILES string of the molecule is COC(=O)c1nc(-c2ccc(C)cc2)n(C)c(=O)c1OP. The van der Waals surface area contributed by atoms with Gasteiger partial charge in [0, 0.05) is 12.6 Å². The highest BCUT2D eigenvalue weighted by Crippen LogP contribution is 2.21. The second-order valence-electron chi connectivity index (χ2n) is 4.45. The van der Waals surface area contributed by atoms with Gasteiger partial charge in [-0.3, -0.25) is 9.36 Å². The summed E-state index contributed by atoms with van der Waals surface area (Å²) in [5.74, 6) is -0.519. The molecule has 1 heterocycles. The number of carbonyl (C=O) groups excluding carboxylic acids is 1. The number of rotatable bonds is 3. The van der Waals surface area contributed by atoms with E-state index in [-0.39, 0.29) is 11.4 Å². The Hall–Kier alpha value is -2.20. The van der Waals surface area contributed by atoms with E-state index in [1.54, 1.807) is 7.05 Å². The van der Waals surface area contributed by atoms with E-state index < -0.39 is 11.5 Å². The smallest absolute Gasteiger partial charge is 0.360 e. The molecule has 0 fully saturated rings. The average Bonchev–Trinajstić information content (AvgIpc) is 2.50. The lowest BCUT2D eigenvalue weighted by Crippen LogP contribution is -2.25. The molecule has 0 aliphatic carbocycles. The van der Waals surface area contributed by atoms with Gasteiger partial charge in [-0.15, -0.1) is 0 Å². The van der Waals surface area contributed by atoms with Crippen LogP contribution >= 0.6 is 9.47 Å². The van der Waals surface area contributed by atoms with Gasteiger partial charge in [0.15, 0.2) is 5.69 Å². The normalized spacial score (nSPS) is 10.3. The van der Waals surface area contributed by atoms with Crippen LogP contribution in [0.2, 0.25) is 0 Å². The first-order valence-electron chi connectivity index (χ1n) is 6.12. The minimum Gasteiger partial charge on any atom is -0.472 e. The van der Waals surface area contributed by atoms with Gasteiger partial charge in [0.25, 0.3) is 5.56 Å². The van der Waals surface area contributed by atoms with Gasteiger partial charge < -0.3 is 9.26 Å². The van der Waals surface area contributed by atoms with Crippen molar-refractivity contribution in [2.45, 2.75) is 6.92 Å². The van der Waals surface area contributed by atoms with Crippen molar-refractivity contribution < 1.29 is 14.1 Å². The van der Waals surface area contributed by atoms with E-state index in [4.69, 9.17) is 4.52 Å². The Balaban J connectivity index is 2.73. The lowest BCUT2D eigenvalue weighted by atomic mass is 10.1. The Labute approximate surface area is 124 Å². The molecule has 110 valence electrons. The standard InChI is InChI=1S/C14H15N2O4P/c1-8-4-6-9(7-5-8)12-15-10(14(18)19-3)11(20-21)13(17)16(12)2/h4-7H,21H2,1-3H3. The number of benzene rings is 1. The molecule has 2 rings (SSSR count). The topological polar surface area (TPSA) is 70.4 Å². The van der Waals surface area contributed by atoms with Gasteiger partial charge in [-0.25, -0.2) is 9.78 Å². The molecule has 21 heavy (non-hydrogen) atoms. The van der Waals surface area contributed by atoms with Gasteiger partial charge >= 0.3 is 5.97 Å². The zero-order chi connectivity index (χ0) is 15.6. The summed E-state index contributed by atoms with van der Waals surface area (Å²) >= 11 is 0. The average molecular weight is 306 g/mol. The van der Waals surface area contributed by atoms with E-state index in [2.05, 4.69) is 9.72 Å². The molecule has 0 bridgehead atoms. The second kappa shape index (κ2) is 6.06. The molecule has 1 aromatic carbocycles. The van der Waals surface area contributed by atoms with E-state index in [9.17, 15) is 9.59 Å². The van der Waals surface area contributed by atoms with Gasteiger partial charge in [0.05, 0.1) is 16.6 Å². The molecule has 6 nitrogen and oxygen atoms in total. The maximum atomic E-state index is 12.3. The van der Waals surface area contributed by atoms with Crippen LogP contribution in [-0.2, 0) is 11.8 Å². The zero-order valence-electron chi connectivity index (χ0n) is 11.9. The van der Waals surface area contributed by atoms with Crippen molar-refractivity contribution in [2.24, 2.45) is 7.05 Å². The lowest BCUT2D eigenvalue weighted by Gasteiger charge is -2.12. The highest BCUT2D eigenvalue weighted by atomic mass is 31.0. The number of methoxy groups -OCH3 is 1. The van der Waals surface area contributed by atoms with Crippen LogP contribution in [0.4, 0.5) is 0 Å². The fourth-order valence-electron chi connectivity index (χ4n) is 1.88. The maximum absolute atomic E-state index is 12.3. The van der Waals surface area contributed by atoms with Gasteiger partial charge in [0.2, 0.25) is 5.75 Å². The molecular weight excluding hydrogens is 291 g/mol. The highest BCUT2D eigenvalue weighted by molar-refractivity contribution is 7.10. The highest BCUT2D eigenvalue weighted by Gasteiger charge is 2.22. The van der Waals surface area contributed by atoms with Crippen molar-refractivity contribution in [3.63, 3.8) is 0 Å². The number of esters is 1. The molecule has 0 aliphatic heterocycles. The molecule has 0 N–H and O–H groups in total. The van der Waals surface area contributed by atoms with Crippen molar-refractivity contribution in [3.8, 4) is 17.1 Å². The van der Waals surface area contributed by atoms with Crippen LogP contribution in [0.3, 0.4) is 0 Å². The molecule has 0 radical (unpaired) electrons. The third-order valence-corrected chi connectivity index (χ3v) is 3.29. The van der Waals surface area contributed by atoms with Crippen molar-refractivity contribution in [1.82, 2.24) is 9.55 Å².